The molecule has 0 aromatic carbocycles. The van der Waals surface area contributed by atoms with Gasteiger partial charge in [0.1, 0.15) is 11.4 Å². The molecule has 25 heavy (non-hydrogen) atoms. The maximum Gasteiger partial charge on any atom is 0.257 e. The molecule has 0 saturated carbocycles. The number of carbonyl (C=O) groups is 2. The lowest BCUT2D eigenvalue weighted by Crippen LogP contribution is -2.46. The molecule has 0 unspecified atom stereocenters. The van der Waals surface area contributed by atoms with Crippen LogP contribution in [0.5, 0.6) is 0 Å². The van der Waals surface area contributed by atoms with E-state index in [9.17, 15) is 14.7 Å². The van der Waals surface area contributed by atoms with Crippen LogP contribution < -0.4 is 16.4 Å². The molecule has 134 valence electrons. The van der Waals surface area contributed by atoms with E-state index >= 15 is 0 Å². The number of nitrogen functional groups attached to an aromatic ring is 1. The molecule has 0 aliphatic heterocycles. The fourth-order valence-corrected chi connectivity index (χ4v) is 2.22. The Labute approximate surface area is 145 Å². The maximum atomic E-state index is 12.2. The molecule has 0 bridgehead atoms. The van der Waals surface area contributed by atoms with Gasteiger partial charge < -0.3 is 21.5 Å². The first-order chi connectivity index (χ1) is 11.9. The Balaban J connectivity index is 1.87. The summed E-state index contributed by atoms with van der Waals surface area (Å²) in [6, 6.07) is 2.97. The number of rotatable bonds is 7. The molecule has 1 atom stereocenters. The Morgan fingerprint density at radius 2 is 2.20 bits per heavy atom. The molecule has 2 heterocycles. The molecular weight excluding hydrogens is 324 g/mol. The molecule has 2 rings (SSSR count). The summed E-state index contributed by atoms with van der Waals surface area (Å²) in [6.07, 6.45) is 3.20. The van der Waals surface area contributed by atoms with E-state index in [0.29, 0.717) is 0 Å². The molecule has 2 aromatic rings. The number of aromatic nitrogens is 3. The third kappa shape index (κ3) is 4.77. The summed E-state index contributed by atoms with van der Waals surface area (Å²) in [5, 5.41) is 18.6. The second kappa shape index (κ2) is 8.25. The number of aryl methyl sites for hydroxylation is 2. The average molecular weight is 346 g/mol. The molecule has 9 nitrogen and oxygen atoms in total. The number of hydrogen-bond donors (Lipinski definition) is 4. The van der Waals surface area contributed by atoms with Gasteiger partial charge in [0.2, 0.25) is 5.91 Å². The molecule has 0 radical (unpaired) electrons. The number of pyridine rings is 1. The molecular formula is C16H22N6O3. The molecule has 2 aromatic heterocycles. The van der Waals surface area contributed by atoms with Crippen molar-refractivity contribution in [2.45, 2.75) is 19.4 Å². The van der Waals surface area contributed by atoms with Crippen LogP contribution in [0.1, 0.15) is 21.6 Å². The number of aliphatic hydroxyl groups is 1. The first-order valence-electron chi connectivity index (χ1n) is 7.78. The van der Waals surface area contributed by atoms with Gasteiger partial charge in [-0.3, -0.25) is 19.3 Å². The van der Waals surface area contributed by atoms with E-state index in [2.05, 4.69) is 20.7 Å². The third-order valence-corrected chi connectivity index (χ3v) is 3.80. The van der Waals surface area contributed by atoms with Crippen molar-refractivity contribution < 1.29 is 14.7 Å². The highest BCUT2D eigenvalue weighted by molar-refractivity contribution is 5.98. The number of nitrogens with two attached hydrogens (primary N) is 1. The highest BCUT2D eigenvalue weighted by atomic mass is 16.3. The van der Waals surface area contributed by atoms with Crippen molar-refractivity contribution in [3.63, 3.8) is 0 Å². The first-order valence-corrected chi connectivity index (χ1v) is 7.78. The van der Waals surface area contributed by atoms with Crippen molar-refractivity contribution in [2.75, 3.05) is 18.9 Å². The van der Waals surface area contributed by atoms with Gasteiger partial charge in [-0.25, -0.2) is 0 Å². The second-order valence-corrected chi connectivity index (χ2v) is 5.65. The van der Waals surface area contributed by atoms with Gasteiger partial charge in [0.25, 0.3) is 5.91 Å². The Kier molecular flexibility index (Phi) is 6.07. The number of nitrogens with one attached hydrogen (secondary N) is 2. The van der Waals surface area contributed by atoms with Crippen molar-refractivity contribution in [3.05, 3.63) is 41.3 Å². The summed E-state index contributed by atoms with van der Waals surface area (Å²) < 4.78 is 1.38. The van der Waals surface area contributed by atoms with E-state index in [0.717, 1.165) is 11.3 Å². The largest absolute Gasteiger partial charge is 0.394 e. The van der Waals surface area contributed by atoms with Crippen LogP contribution in [0, 0.1) is 6.92 Å². The predicted molar refractivity (Wildman–Crippen MR) is 91.6 cm³/mol. The zero-order valence-electron chi connectivity index (χ0n) is 14.2. The number of anilines is 1. The second-order valence-electron chi connectivity index (χ2n) is 5.65. The molecule has 0 fully saturated rings. The van der Waals surface area contributed by atoms with Crippen LogP contribution in [0.4, 0.5) is 5.82 Å². The SMILES string of the molecule is Cc1ncccc1CC(=O)NC[C@@H](CO)NC(=O)c1cnn(C)c1N. The van der Waals surface area contributed by atoms with E-state index in [1.165, 1.54) is 10.9 Å². The zero-order chi connectivity index (χ0) is 18.4. The van der Waals surface area contributed by atoms with E-state index < -0.39 is 11.9 Å². The van der Waals surface area contributed by atoms with Gasteiger partial charge in [0.15, 0.2) is 0 Å². The fraction of sp³-hybridized carbons (Fsp3) is 0.375. The molecule has 0 aliphatic rings. The van der Waals surface area contributed by atoms with E-state index in [4.69, 9.17) is 5.73 Å². The number of hydrogen-bond acceptors (Lipinski definition) is 6. The topological polar surface area (TPSA) is 135 Å². The Morgan fingerprint density at radius 3 is 2.80 bits per heavy atom. The minimum absolute atomic E-state index is 0.0978. The van der Waals surface area contributed by atoms with Gasteiger partial charge in [-0.05, 0) is 18.6 Å². The van der Waals surface area contributed by atoms with Gasteiger partial charge in [0.05, 0.1) is 25.3 Å². The lowest BCUT2D eigenvalue weighted by Gasteiger charge is -2.17. The highest BCUT2D eigenvalue weighted by Gasteiger charge is 2.18. The zero-order valence-corrected chi connectivity index (χ0v) is 14.2. The summed E-state index contributed by atoms with van der Waals surface area (Å²) in [4.78, 5) is 28.3. The molecule has 0 aliphatic carbocycles. The Hall–Kier alpha value is -2.94. The van der Waals surface area contributed by atoms with Crippen molar-refractivity contribution in [1.29, 1.82) is 0 Å². The van der Waals surface area contributed by atoms with Gasteiger partial charge >= 0.3 is 0 Å². The van der Waals surface area contributed by atoms with Gasteiger partial charge in [-0.2, -0.15) is 5.10 Å². The minimum Gasteiger partial charge on any atom is -0.394 e. The number of aliphatic hydroxyl groups excluding tert-OH is 1. The molecule has 0 saturated heterocycles. The van der Waals surface area contributed by atoms with Gasteiger partial charge in [-0.1, -0.05) is 6.07 Å². The summed E-state index contributed by atoms with van der Waals surface area (Å²) in [6.45, 7) is 1.61. The quantitative estimate of drug-likeness (QED) is 0.516. The van der Waals surface area contributed by atoms with E-state index in [1.807, 2.05) is 13.0 Å². The summed E-state index contributed by atoms with van der Waals surface area (Å²) in [5.74, 6) is -0.447. The first kappa shape index (κ1) is 18.4. The molecule has 2 amide bonds. The van der Waals surface area contributed by atoms with Crippen LogP contribution in [-0.4, -0.2) is 50.9 Å². The van der Waals surface area contributed by atoms with Crippen LogP contribution in [-0.2, 0) is 18.3 Å². The predicted octanol–water partition coefficient (Wildman–Crippen LogP) is -0.845. The summed E-state index contributed by atoms with van der Waals surface area (Å²) >= 11 is 0. The molecule has 5 N–H and O–H groups in total. The molecule has 0 spiro atoms. The van der Waals surface area contributed by atoms with E-state index in [-0.39, 0.29) is 36.9 Å². The average Bonchev–Trinajstić information content (AvgIpc) is 2.93. The lowest BCUT2D eigenvalue weighted by molar-refractivity contribution is -0.120. The Bertz CT molecular complexity index is 758. The number of amides is 2. The Morgan fingerprint density at radius 1 is 1.44 bits per heavy atom. The number of nitrogens with zero attached hydrogens (tertiary/aromatic N) is 3. The van der Waals surface area contributed by atoms with Crippen LogP contribution in [0.3, 0.4) is 0 Å². The smallest absolute Gasteiger partial charge is 0.257 e. The van der Waals surface area contributed by atoms with Crippen LogP contribution in [0.15, 0.2) is 24.5 Å². The van der Waals surface area contributed by atoms with Gasteiger partial charge in [-0.15, -0.1) is 0 Å². The third-order valence-electron chi connectivity index (χ3n) is 3.80. The fourth-order valence-electron chi connectivity index (χ4n) is 2.22. The standard InChI is InChI=1S/C16H22N6O3/c1-10-11(4-3-5-18-10)6-14(24)19-7-12(9-23)21-16(25)13-8-20-22(2)15(13)17/h3-5,8,12,23H,6-7,9,17H2,1-2H3,(H,19,24)(H,21,25)/t12-/m0/s1. The van der Waals surface area contributed by atoms with E-state index in [1.54, 1.807) is 19.3 Å². The van der Waals surface area contributed by atoms with Gasteiger partial charge in [0, 0.05) is 25.5 Å². The van der Waals surface area contributed by atoms with Crippen molar-refractivity contribution in [2.24, 2.45) is 7.05 Å². The minimum atomic E-state index is -0.633. The monoisotopic (exact) mass is 346 g/mol. The highest BCUT2D eigenvalue weighted by Crippen LogP contribution is 2.09. The van der Waals surface area contributed by atoms with Crippen molar-refractivity contribution in [1.82, 2.24) is 25.4 Å². The van der Waals surface area contributed by atoms with Crippen LogP contribution >= 0.6 is 0 Å². The summed E-state index contributed by atoms with van der Waals surface area (Å²) in [5.41, 5.74) is 7.58. The maximum absolute atomic E-state index is 12.2. The van der Waals surface area contributed by atoms with Crippen molar-refractivity contribution >= 4 is 17.6 Å². The van der Waals surface area contributed by atoms with Crippen molar-refractivity contribution in [3.8, 4) is 0 Å². The molecule has 9 heteroatoms. The normalized spacial score (nSPS) is 11.8. The van der Waals surface area contributed by atoms with Crippen LogP contribution in [0.25, 0.3) is 0 Å². The lowest BCUT2D eigenvalue weighted by atomic mass is 10.1. The summed E-state index contributed by atoms with van der Waals surface area (Å²) in [7, 11) is 1.62. The van der Waals surface area contributed by atoms with Crippen LogP contribution in [0.2, 0.25) is 0 Å². The number of carbonyl (C=O) groups excluding carboxylic acids is 2.